The second-order valence-corrected chi connectivity index (χ2v) is 8.00. The highest BCUT2D eigenvalue weighted by molar-refractivity contribution is 5.08. The molecule has 138 valence electrons. The van der Waals surface area contributed by atoms with E-state index < -0.39 is 29.7 Å². The SMILES string of the molecule is C[C@H]1CNC([C@@]23O[C@H]4COC(C)(C)O[C@H]4[C@@H]2OC(C)(C)O3)ON1C. The largest absolute Gasteiger partial charge is 0.348 e. The van der Waals surface area contributed by atoms with Crippen molar-refractivity contribution in [2.24, 2.45) is 0 Å². The molecular formula is C16H28N2O6. The molecule has 8 heteroatoms. The number of hydrogen-bond acceptors (Lipinski definition) is 8. The molecule has 0 spiro atoms. The normalized spacial score (nSPS) is 50.5. The Labute approximate surface area is 142 Å². The van der Waals surface area contributed by atoms with Crippen LogP contribution in [0.5, 0.6) is 0 Å². The summed E-state index contributed by atoms with van der Waals surface area (Å²) in [5.74, 6) is -2.53. The molecule has 1 unspecified atom stereocenters. The summed E-state index contributed by atoms with van der Waals surface area (Å²) in [6.45, 7) is 10.8. The number of rotatable bonds is 1. The first-order chi connectivity index (χ1) is 11.1. The van der Waals surface area contributed by atoms with E-state index in [-0.39, 0.29) is 18.2 Å². The van der Waals surface area contributed by atoms with Gasteiger partial charge in [-0.3, -0.25) is 10.2 Å². The predicted octanol–water partition coefficient (Wildman–Crippen LogP) is 0.566. The lowest BCUT2D eigenvalue weighted by atomic mass is 10.0. The van der Waals surface area contributed by atoms with Gasteiger partial charge in [0.15, 0.2) is 17.8 Å². The van der Waals surface area contributed by atoms with Crippen LogP contribution in [-0.2, 0) is 28.5 Å². The molecule has 0 bridgehead atoms. The first kappa shape index (κ1) is 17.1. The fourth-order valence-electron chi connectivity index (χ4n) is 3.84. The Morgan fingerprint density at radius 1 is 1.04 bits per heavy atom. The molecule has 0 radical (unpaired) electrons. The van der Waals surface area contributed by atoms with Crippen molar-refractivity contribution < 1.29 is 28.5 Å². The fourth-order valence-corrected chi connectivity index (χ4v) is 3.84. The van der Waals surface area contributed by atoms with E-state index in [4.69, 9.17) is 28.5 Å². The van der Waals surface area contributed by atoms with Crippen molar-refractivity contribution in [2.75, 3.05) is 20.2 Å². The van der Waals surface area contributed by atoms with E-state index in [1.807, 2.05) is 39.8 Å². The third-order valence-electron chi connectivity index (χ3n) is 5.08. The van der Waals surface area contributed by atoms with Gasteiger partial charge in [-0.25, -0.2) is 0 Å². The van der Waals surface area contributed by atoms with Gasteiger partial charge in [-0.05, 0) is 34.6 Å². The summed E-state index contributed by atoms with van der Waals surface area (Å²) in [5, 5.41) is 5.21. The maximum absolute atomic E-state index is 6.32. The van der Waals surface area contributed by atoms with Gasteiger partial charge in [0.05, 0.1) is 6.61 Å². The van der Waals surface area contributed by atoms with Gasteiger partial charge in [0.25, 0.3) is 0 Å². The maximum Gasteiger partial charge on any atom is 0.243 e. The first-order valence-electron chi connectivity index (χ1n) is 8.62. The lowest BCUT2D eigenvalue weighted by Gasteiger charge is -2.42. The highest BCUT2D eigenvalue weighted by Gasteiger charge is 2.71. The standard InChI is InChI=1S/C16H28N2O6/c1-9-7-17-13(23-18(9)6)16-12(22-15(4,5)24-16)11-10(20-16)8-19-14(2,3)21-11/h9-13,17H,7-8H2,1-6H3/t9-,10-,11+,12-,13?,16+/m0/s1. The third kappa shape index (κ3) is 2.60. The molecule has 4 heterocycles. The summed E-state index contributed by atoms with van der Waals surface area (Å²) < 4.78 is 30.6. The van der Waals surface area contributed by atoms with Crippen LogP contribution in [0.25, 0.3) is 0 Å². The van der Waals surface area contributed by atoms with Crippen LogP contribution in [0.2, 0.25) is 0 Å². The highest BCUT2D eigenvalue weighted by Crippen LogP contribution is 2.51. The number of likely N-dealkylation sites (N-methyl/N-ethyl adjacent to an activating group) is 1. The monoisotopic (exact) mass is 344 g/mol. The molecule has 0 amide bonds. The van der Waals surface area contributed by atoms with Crippen molar-refractivity contribution in [1.29, 1.82) is 0 Å². The minimum atomic E-state index is -1.07. The molecule has 0 aromatic carbocycles. The number of nitrogens with one attached hydrogen (secondary N) is 1. The quantitative estimate of drug-likeness (QED) is 0.740. The molecule has 24 heavy (non-hydrogen) atoms. The molecule has 0 aromatic rings. The molecule has 6 atom stereocenters. The van der Waals surface area contributed by atoms with E-state index in [9.17, 15) is 0 Å². The van der Waals surface area contributed by atoms with Crippen molar-refractivity contribution in [3.8, 4) is 0 Å². The van der Waals surface area contributed by atoms with Crippen molar-refractivity contribution >= 4 is 0 Å². The van der Waals surface area contributed by atoms with E-state index in [0.29, 0.717) is 6.61 Å². The average molecular weight is 344 g/mol. The van der Waals surface area contributed by atoms with Crippen molar-refractivity contribution in [3.05, 3.63) is 0 Å². The molecule has 0 aliphatic carbocycles. The van der Waals surface area contributed by atoms with E-state index in [0.717, 1.165) is 6.54 Å². The minimum absolute atomic E-state index is 0.255. The Kier molecular flexibility index (Phi) is 3.81. The molecular weight excluding hydrogens is 316 g/mol. The summed E-state index contributed by atoms with van der Waals surface area (Å²) in [4.78, 5) is 6.03. The Morgan fingerprint density at radius 2 is 1.79 bits per heavy atom. The van der Waals surface area contributed by atoms with Gasteiger partial charge in [0.1, 0.15) is 18.3 Å². The van der Waals surface area contributed by atoms with Crippen molar-refractivity contribution in [2.45, 2.75) is 82.6 Å². The molecule has 8 nitrogen and oxygen atoms in total. The molecule has 4 fully saturated rings. The van der Waals surface area contributed by atoms with Crippen LogP contribution in [0.4, 0.5) is 0 Å². The van der Waals surface area contributed by atoms with Crippen LogP contribution < -0.4 is 5.32 Å². The zero-order valence-electron chi connectivity index (χ0n) is 15.2. The Morgan fingerprint density at radius 3 is 2.50 bits per heavy atom. The minimum Gasteiger partial charge on any atom is -0.348 e. The molecule has 0 saturated carbocycles. The van der Waals surface area contributed by atoms with E-state index in [1.54, 1.807) is 0 Å². The van der Waals surface area contributed by atoms with Crippen LogP contribution in [0.15, 0.2) is 0 Å². The molecule has 4 aliphatic rings. The van der Waals surface area contributed by atoms with Gasteiger partial charge in [0.2, 0.25) is 5.79 Å². The highest BCUT2D eigenvalue weighted by atomic mass is 16.9. The van der Waals surface area contributed by atoms with Gasteiger partial charge in [-0.15, -0.1) is 0 Å². The van der Waals surface area contributed by atoms with Gasteiger partial charge >= 0.3 is 0 Å². The summed E-state index contributed by atoms with van der Waals surface area (Å²) in [7, 11) is 1.91. The van der Waals surface area contributed by atoms with E-state index >= 15 is 0 Å². The third-order valence-corrected chi connectivity index (χ3v) is 5.08. The average Bonchev–Trinajstić information content (AvgIpc) is 2.90. The smallest absolute Gasteiger partial charge is 0.243 e. The first-order valence-corrected chi connectivity index (χ1v) is 8.62. The van der Waals surface area contributed by atoms with E-state index in [1.165, 1.54) is 0 Å². The maximum atomic E-state index is 6.32. The van der Waals surface area contributed by atoms with Crippen LogP contribution in [0.3, 0.4) is 0 Å². The lowest BCUT2D eigenvalue weighted by Crippen LogP contribution is -2.65. The number of ether oxygens (including phenoxy) is 5. The van der Waals surface area contributed by atoms with Gasteiger partial charge < -0.3 is 23.7 Å². The summed E-state index contributed by atoms with van der Waals surface area (Å²) in [5.41, 5.74) is 0. The van der Waals surface area contributed by atoms with Crippen molar-refractivity contribution in [1.82, 2.24) is 10.4 Å². The zero-order chi connectivity index (χ0) is 17.3. The van der Waals surface area contributed by atoms with Crippen LogP contribution in [0, 0.1) is 0 Å². The van der Waals surface area contributed by atoms with Gasteiger partial charge in [-0.2, -0.15) is 5.06 Å². The summed E-state index contributed by atoms with van der Waals surface area (Å²) >= 11 is 0. The molecule has 4 saturated heterocycles. The summed E-state index contributed by atoms with van der Waals surface area (Å²) in [6, 6.07) is 0.258. The van der Waals surface area contributed by atoms with Crippen LogP contribution in [-0.4, -0.2) is 73.2 Å². The number of hydrogen-bond donors (Lipinski definition) is 1. The molecule has 0 aromatic heterocycles. The molecule has 4 rings (SSSR count). The zero-order valence-corrected chi connectivity index (χ0v) is 15.2. The topological polar surface area (TPSA) is 70.7 Å². The van der Waals surface area contributed by atoms with Gasteiger partial charge in [0, 0.05) is 19.6 Å². The van der Waals surface area contributed by atoms with E-state index in [2.05, 4.69) is 12.2 Å². The van der Waals surface area contributed by atoms with Crippen LogP contribution >= 0.6 is 0 Å². The molecule has 4 aliphatic heterocycles. The lowest BCUT2D eigenvalue weighted by molar-refractivity contribution is -0.367. The van der Waals surface area contributed by atoms with Crippen LogP contribution in [0.1, 0.15) is 34.6 Å². The Balaban J connectivity index is 1.64. The number of nitrogens with zero attached hydrogens (tertiary/aromatic N) is 1. The molecule has 1 N–H and O–H groups in total. The number of fused-ring (bicyclic) bond motifs is 3. The second kappa shape index (κ2) is 5.34. The Bertz CT molecular complexity index is 515. The fraction of sp³-hybridized carbons (Fsp3) is 1.00. The predicted molar refractivity (Wildman–Crippen MR) is 82.6 cm³/mol. The number of hydroxylamine groups is 2. The summed E-state index contributed by atoms with van der Waals surface area (Å²) in [6.07, 6.45) is -1.41. The second-order valence-electron chi connectivity index (χ2n) is 8.00. The van der Waals surface area contributed by atoms with Gasteiger partial charge in [-0.1, -0.05) is 0 Å². The Hall–Kier alpha value is -0.320. The van der Waals surface area contributed by atoms with Crippen molar-refractivity contribution in [3.63, 3.8) is 0 Å².